The van der Waals surface area contributed by atoms with Gasteiger partial charge in [0.15, 0.2) is 0 Å². The average molecular weight is 359 g/mol. The van der Waals surface area contributed by atoms with E-state index >= 15 is 0 Å². The topological polar surface area (TPSA) is 41.6 Å². The highest BCUT2D eigenvalue weighted by molar-refractivity contribution is 7.16. The number of nitrogens with one attached hydrogen (secondary N) is 1. The standard InChI is InChI=1S/C17H27ClN2O2S/c1-16(2,3)22-15(21)20-9-7-17(4,8-10-20)12-19-11-13-5-6-14(18)23-13/h5-6,19H,7-12H2,1-4H3. The lowest BCUT2D eigenvalue weighted by Crippen LogP contribution is -2.47. The van der Waals surface area contributed by atoms with Gasteiger partial charge < -0.3 is 15.0 Å². The van der Waals surface area contributed by atoms with Crippen LogP contribution in [0.5, 0.6) is 0 Å². The van der Waals surface area contributed by atoms with Gasteiger partial charge in [-0.1, -0.05) is 18.5 Å². The fourth-order valence-corrected chi connectivity index (χ4v) is 3.72. The van der Waals surface area contributed by atoms with Crippen molar-refractivity contribution in [2.24, 2.45) is 5.41 Å². The molecule has 0 aromatic carbocycles. The van der Waals surface area contributed by atoms with Crippen molar-refractivity contribution in [1.82, 2.24) is 10.2 Å². The van der Waals surface area contributed by atoms with E-state index in [2.05, 4.69) is 18.3 Å². The Morgan fingerprint density at radius 2 is 2.04 bits per heavy atom. The Labute approximate surface area is 148 Å². The van der Waals surface area contributed by atoms with Gasteiger partial charge in [-0.05, 0) is 51.2 Å². The summed E-state index contributed by atoms with van der Waals surface area (Å²) in [5.41, 5.74) is -0.207. The Morgan fingerprint density at radius 1 is 1.39 bits per heavy atom. The molecule has 0 aliphatic carbocycles. The number of hydrogen-bond acceptors (Lipinski definition) is 4. The minimum absolute atomic E-state index is 0.194. The summed E-state index contributed by atoms with van der Waals surface area (Å²) in [6, 6.07) is 4.00. The maximum Gasteiger partial charge on any atom is 0.410 e. The molecule has 1 saturated heterocycles. The van der Waals surface area contributed by atoms with Crippen LogP contribution in [0.3, 0.4) is 0 Å². The summed E-state index contributed by atoms with van der Waals surface area (Å²) in [4.78, 5) is 15.2. The SMILES string of the molecule is CC1(CNCc2ccc(Cl)s2)CCN(C(=O)OC(C)(C)C)CC1. The predicted molar refractivity (Wildman–Crippen MR) is 96.2 cm³/mol. The molecule has 0 bridgehead atoms. The van der Waals surface area contributed by atoms with E-state index < -0.39 is 5.60 Å². The highest BCUT2D eigenvalue weighted by atomic mass is 35.5. The van der Waals surface area contributed by atoms with Crippen LogP contribution in [0.1, 0.15) is 45.4 Å². The highest BCUT2D eigenvalue weighted by Crippen LogP contribution is 2.31. The molecule has 1 fully saturated rings. The van der Waals surface area contributed by atoms with Crippen molar-refractivity contribution in [3.63, 3.8) is 0 Å². The molecule has 130 valence electrons. The van der Waals surface area contributed by atoms with Gasteiger partial charge in [0.1, 0.15) is 5.60 Å². The molecule has 0 atom stereocenters. The largest absolute Gasteiger partial charge is 0.444 e. The summed E-state index contributed by atoms with van der Waals surface area (Å²) < 4.78 is 6.28. The molecule has 0 spiro atoms. The molecule has 4 nitrogen and oxygen atoms in total. The lowest BCUT2D eigenvalue weighted by molar-refractivity contribution is 0.0119. The first-order valence-corrected chi connectivity index (χ1v) is 9.29. The smallest absolute Gasteiger partial charge is 0.410 e. The van der Waals surface area contributed by atoms with Crippen LogP contribution in [0.15, 0.2) is 12.1 Å². The van der Waals surface area contributed by atoms with Gasteiger partial charge in [0.2, 0.25) is 0 Å². The Hall–Kier alpha value is -0.780. The maximum atomic E-state index is 12.1. The minimum atomic E-state index is -0.429. The monoisotopic (exact) mass is 358 g/mol. The van der Waals surface area contributed by atoms with E-state index in [1.807, 2.05) is 31.7 Å². The van der Waals surface area contributed by atoms with E-state index in [9.17, 15) is 4.79 Å². The number of halogens is 1. The van der Waals surface area contributed by atoms with Crippen molar-refractivity contribution < 1.29 is 9.53 Å². The van der Waals surface area contributed by atoms with Crippen molar-refractivity contribution in [2.45, 2.75) is 52.7 Å². The fourth-order valence-electron chi connectivity index (χ4n) is 2.67. The third kappa shape index (κ3) is 5.98. The van der Waals surface area contributed by atoms with Crippen molar-refractivity contribution in [2.75, 3.05) is 19.6 Å². The second-order valence-electron chi connectivity index (χ2n) is 7.59. The number of likely N-dealkylation sites (tertiary alicyclic amines) is 1. The van der Waals surface area contributed by atoms with Crippen LogP contribution in [0.2, 0.25) is 4.34 Å². The molecule has 1 aliphatic heterocycles. The molecule has 2 heterocycles. The lowest BCUT2D eigenvalue weighted by atomic mass is 9.80. The number of carbonyl (C=O) groups is 1. The van der Waals surface area contributed by atoms with Crippen LogP contribution in [0.4, 0.5) is 4.79 Å². The lowest BCUT2D eigenvalue weighted by Gasteiger charge is -2.39. The zero-order valence-electron chi connectivity index (χ0n) is 14.4. The molecule has 23 heavy (non-hydrogen) atoms. The molecule has 1 aliphatic rings. The molecule has 1 amide bonds. The summed E-state index contributed by atoms with van der Waals surface area (Å²) in [5, 5.41) is 3.52. The molecule has 6 heteroatoms. The fraction of sp³-hybridized carbons (Fsp3) is 0.706. The van der Waals surface area contributed by atoms with Gasteiger partial charge in [-0.25, -0.2) is 4.79 Å². The van der Waals surface area contributed by atoms with E-state index in [1.165, 1.54) is 4.88 Å². The number of rotatable bonds is 4. The van der Waals surface area contributed by atoms with Gasteiger partial charge in [-0.2, -0.15) is 0 Å². The summed E-state index contributed by atoms with van der Waals surface area (Å²) >= 11 is 7.56. The van der Waals surface area contributed by atoms with Gasteiger partial charge in [0.05, 0.1) is 4.34 Å². The maximum absolute atomic E-state index is 12.1. The van der Waals surface area contributed by atoms with Crippen LogP contribution >= 0.6 is 22.9 Å². The zero-order chi connectivity index (χ0) is 17.1. The summed E-state index contributed by atoms with van der Waals surface area (Å²) in [6.45, 7) is 11.3. The van der Waals surface area contributed by atoms with Crippen LogP contribution in [0.25, 0.3) is 0 Å². The van der Waals surface area contributed by atoms with Crippen molar-refractivity contribution in [3.8, 4) is 0 Å². The Kier molecular flexibility index (Phi) is 5.98. The number of ether oxygens (including phenoxy) is 1. The first-order chi connectivity index (χ1) is 10.7. The van der Waals surface area contributed by atoms with Gasteiger partial charge >= 0.3 is 6.09 Å². The zero-order valence-corrected chi connectivity index (χ0v) is 16.0. The van der Waals surface area contributed by atoms with Crippen LogP contribution in [0, 0.1) is 5.41 Å². The Balaban J connectivity index is 1.74. The molecular formula is C17H27ClN2O2S. The van der Waals surface area contributed by atoms with E-state index in [-0.39, 0.29) is 11.5 Å². The molecule has 0 saturated carbocycles. The normalized spacial score (nSPS) is 18.0. The van der Waals surface area contributed by atoms with Gasteiger partial charge in [0, 0.05) is 31.1 Å². The molecule has 1 N–H and O–H groups in total. The van der Waals surface area contributed by atoms with Crippen molar-refractivity contribution in [3.05, 3.63) is 21.3 Å². The number of amides is 1. The first kappa shape index (κ1) is 18.6. The first-order valence-electron chi connectivity index (χ1n) is 8.10. The van der Waals surface area contributed by atoms with E-state index in [0.29, 0.717) is 0 Å². The summed E-state index contributed by atoms with van der Waals surface area (Å²) in [6.07, 6.45) is 1.79. The predicted octanol–water partition coefficient (Wildman–Crippen LogP) is 4.53. The molecule has 1 aromatic heterocycles. The number of nitrogens with zero attached hydrogens (tertiary/aromatic N) is 1. The van der Waals surface area contributed by atoms with E-state index in [4.69, 9.17) is 16.3 Å². The average Bonchev–Trinajstić information content (AvgIpc) is 2.83. The quantitative estimate of drug-likeness (QED) is 0.859. The molecule has 0 radical (unpaired) electrons. The van der Waals surface area contributed by atoms with Crippen molar-refractivity contribution in [1.29, 1.82) is 0 Å². The summed E-state index contributed by atoms with van der Waals surface area (Å²) in [5.74, 6) is 0. The van der Waals surface area contributed by atoms with Crippen molar-refractivity contribution >= 4 is 29.0 Å². The second-order valence-corrected chi connectivity index (χ2v) is 9.39. The number of carbonyl (C=O) groups excluding carboxylic acids is 1. The molecule has 1 aromatic rings. The third-order valence-electron chi connectivity index (χ3n) is 4.10. The number of hydrogen-bond donors (Lipinski definition) is 1. The molecule has 0 unspecified atom stereocenters. The number of piperidine rings is 1. The van der Waals surface area contributed by atoms with Gasteiger partial charge in [0.25, 0.3) is 0 Å². The van der Waals surface area contributed by atoms with Gasteiger partial charge in [-0.15, -0.1) is 11.3 Å². The number of thiophene rings is 1. The molecular weight excluding hydrogens is 332 g/mol. The van der Waals surface area contributed by atoms with E-state index in [0.717, 1.165) is 43.4 Å². The highest BCUT2D eigenvalue weighted by Gasteiger charge is 2.33. The Bertz CT molecular complexity index is 531. The van der Waals surface area contributed by atoms with E-state index in [1.54, 1.807) is 11.3 Å². The summed E-state index contributed by atoms with van der Waals surface area (Å²) in [7, 11) is 0. The second kappa shape index (κ2) is 7.41. The third-order valence-corrected chi connectivity index (χ3v) is 5.33. The van der Waals surface area contributed by atoms with Crippen LogP contribution in [-0.2, 0) is 11.3 Å². The van der Waals surface area contributed by atoms with Crippen LogP contribution < -0.4 is 5.32 Å². The molecule has 2 rings (SSSR count). The van der Waals surface area contributed by atoms with Gasteiger partial charge in [-0.3, -0.25) is 0 Å². The minimum Gasteiger partial charge on any atom is -0.444 e. The van der Waals surface area contributed by atoms with Crippen LogP contribution in [-0.4, -0.2) is 36.2 Å². The Morgan fingerprint density at radius 3 is 2.57 bits per heavy atom.